The number of benzene rings is 1. The summed E-state index contributed by atoms with van der Waals surface area (Å²) in [5, 5.41) is 1.79. The quantitative estimate of drug-likeness (QED) is 0.681. The number of hydrogen-bond donors (Lipinski definition) is 1. The van der Waals surface area contributed by atoms with Gasteiger partial charge >= 0.3 is 4.87 Å². The normalized spacial score (nSPS) is 10.9. The molecule has 15 heavy (non-hydrogen) atoms. The monoisotopic (exact) mass is 218 g/mol. The van der Waals surface area contributed by atoms with E-state index in [1.165, 1.54) is 6.39 Å². The van der Waals surface area contributed by atoms with Crippen LogP contribution in [0.1, 0.15) is 0 Å². The van der Waals surface area contributed by atoms with Crippen LogP contribution in [-0.2, 0) is 0 Å². The molecule has 74 valence electrons. The Hall–Kier alpha value is -1.88. The third kappa shape index (κ3) is 1.37. The lowest BCUT2D eigenvalue weighted by Gasteiger charge is -1.95. The summed E-state index contributed by atoms with van der Waals surface area (Å²) in [7, 11) is 0. The van der Waals surface area contributed by atoms with Gasteiger partial charge in [-0.1, -0.05) is 17.4 Å². The van der Waals surface area contributed by atoms with Crippen molar-refractivity contribution in [3.63, 3.8) is 0 Å². The molecule has 0 aliphatic carbocycles. The molecule has 0 saturated heterocycles. The number of fused-ring (bicyclic) bond motifs is 1. The maximum Gasteiger partial charge on any atom is 0.304 e. The second-order valence-corrected chi connectivity index (χ2v) is 3.94. The fraction of sp³-hybridized carbons (Fsp3) is 0. The maximum atomic E-state index is 11.0. The average Bonchev–Trinajstić information content (AvgIpc) is 2.84. The van der Waals surface area contributed by atoms with E-state index in [4.69, 9.17) is 4.42 Å². The lowest BCUT2D eigenvalue weighted by molar-refractivity contribution is 0.602. The molecular formula is C10H6N2O2S. The molecule has 1 aromatic carbocycles. The maximum absolute atomic E-state index is 11.0. The molecule has 0 aliphatic heterocycles. The van der Waals surface area contributed by atoms with Crippen LogP contribution in [0.5, 0.6) is 0 Å². The van der Waals surface area contributed by atoms with E-state index in [1.807, 2.05) is 18.2 Å². The van der Waals surface area contributed by atoms with Crippen molar-refractivity contribution >= 4 is 22.4 Å². The molecule has 3 rings (SSSR count). The first-order chi connectivity index (χ1) is 7.33. The van der Waals surface area contributed by atoms with Crippen LogP contribution in [0, 0.1) is 0 Å². The first kappa shape index (κ1) is 8.43. The molecule has 0 unspecified atom stereocenters. The molecule has 2 aromatic heterocycles. The number of hydrogen-bond acceptors (Lipinski definition) is 4. The Kier molecular flexibility index (Phi) is 1.72. The number of nitrogens with zero attached hydrogens (tertiary/aromatic N) is 1. The minimum absolute atomic E-state index is 0.0531. The standard InChI is InChI=1S/C10H6N2O2S/c13-10-12-8(4-15-10)6-1-2-7-9(3-6)14-5-11-7/h1-5H,(H,12,13). The van der Waals surface area contributed by atoms with Gasteiger partial charge in [0.1, 0.15) is 5.52 Å². The van der Waals surface area contributed by atoms with Crippen LogP contribution < -0.4 is 4.87 Å². The van der Waals surface area contributed by atoms with E-state index in [0.29, 0.717) is 0 Å². The Morgan fingerprint density at radius 2 is 2.33 bits per heavy atom. The van der Waals surface area contributed by atoms with Gasteiger partial charge < -0.3 is 9.40 Å². The molecule has 0 fully saturated rings. The highest BCUT2D eigenvalue weighted by atomic mass is 32.1. The van der Waals surface area contributed by atoms with Gasteiger partial charge in [0.2, 0.25) is 0 Å². The topological polar surface area (TPSA) is 58.9 Å². The molecule has 1 N–H and O–H groups in total. The van der Waals surface area contributed by atoms with Crippen molar-refractivity contribution in [2.75, 3.05) is 0 Å². The first-order valence-electron chi connectivity index (χ1n) is 4.34. The summed E-state index contributed by atoms with van der Waals surface area (Å²) in [6.45, 7) is 0. The number of nitrogens with one attached hydrogen (secondary N) is 1. The van der Waals surface area contributed by atoms with Crippen molar-refractivity contribution < 1.29 is 4.42 Å². The van der Waals surface area contributed by atoms with Gasteiger partial charge in [0.15, 0.2) is 12.0 Å². The summed E-state index contributed by atoms with van der Waals surface area (Å²) in [5.74, 6) is 0. The van der Waals surface area contributed by atoms with Gasteiger partial charge in [-0.25, -0.2) is 4.98 Å². The van der Waals surface area contributed by atoms with Crippen molar-refractivity contribution in [3.05, 3.63) is 39.6 Å². The highest BCUT2D eigenvalue weighted by Gasteiger charge is 2.04. The van der Waals surface area contributed by atoms with Crippen molar-refractivity contribution in [1.82, 2.24) is 9.97 Å². The van der Waals surface area contributed by atoms with Crippen molar-refractivity contribution in [3.8, 4) is 11.3 Å². The zero-order valence-corrected chi connectivity index (χ0v) is 8.38. The molecule has 2 heterocycles. The Bertz CT molecular complexity index is 665. The molecule has 0 radical (unpaired) electrons. The summed E-state index contributed by atoms with van der Waals surface area (Å²) in [4.78, 5) is 17.7. The van der Waals surface area contributed by atoms with Crippen molar-refractivity contribution in [2.45, 2.75) is 0 Å². The zero-order valence-electron chi connectivity index (χ0n) is 7.56. The number of oxazole rings is 1. The van der Waals surface area contributed by atoms with Crippen LogP contribution >= 0.6 is 11.3 Å². The summed E-state index contributed by atoms with van der Waals surface area (Å²) in [6, 6.07) is 5.63. The van der Waals surface area contributed by atoms with Gasteiger partial charge in [-0.05, 0) is 12.1 Å². The van der Waals surface area contributed by atoms with Crippen LogP contribution in [0.4, 0.5) is 0 Å². The number of thiazole rings is 1. The Morgan fingerprint density at radius 1 is 1.40 bits per heavy atom. The highest BCUT2D eigenvalue weighted by Crippen LogP contribution is 2.22. The van der Waals surface area contributed by atoms with E-state index in [1.54, 1.807) is 5.38 Å². The molecular weight excluding hydrogens is 212 g/mol. The van der Waals surface area contributed by atoms with E-state index < -0.39 is 0 Å². The smallest absolute Gasteiger partial charge is 0.304 e. The highest BCUT2D eigenvalue weighted by molar-refractivity contribution is 7.07. The lowest BCUT2D eigenvalue weighted by Crippen LogP contribution is -1.92. The van der Waals surface area contributed by atoms with Crippen molar-refractivity contribution in [1.29, 1.82) is 0 Å². The van der Waals surface area contributed by atoms with E-state index in [9.17, 15) is 4.79 Å². The van der Waals surface area contributed by atoms with E-state index in [2.05, 4.69) is 9.97 Å². The van der Waals surface area contributed by atoms with Crippen LogP contribution in [0.2, 0.25) is 0 Å². The molecule has 4 nitrogen and oxygen atoms in total. The minimum atomic E-state index is -0.0531. The average molecular weight is 218 g/mol. The van der Waals surface area contributed by atoms with Crippen molar-refractivity contribution in [2.24, 2.45) is 0 Å². The predicted octanol–water partition coefficient (Wildman–Crippen LogP) is 2.24. The van der Waals surface area contributed by atoms with Gasteiger partial charge in [0.25, 0.3) is 0 Å². The molecule has 0 saturated carbocycles. The fourth-order valence-corrected chi connectivity index (χ4v) is 2.03. The molecule has 5 heteroatoms. The number of aromatic amines is 1. The van der Waals surface area contributed by atoms with Gasteiger partial charge in [-0.2, -0.15) is 0 Å². The second-order valence-electron chi connectivity index (χ2n) is 3.10. The number of H-pyrrole nitrogens is 1. The Morgan fingerprint density at radius 3 is 3.13 bits per heavy atom. The lowest BCUT2D eigenvalue weighted by atomic mass is 10.1. The van der Waals surface area contributed by atoms with Crippen LogP contribution in [0.15, 0.2) is 39.2 Å². The molecule has 0 atom stereocenters. The number of aromatic nitrogens is 2. The van der Waals surface area contributed by atoms with Gasteiger partial charge in [0.05, 0.1) is 5.69 Å². The number of rotatable bonds is 1. The Labute approximate surface area is 88.2 Å². The second kappa shape index (κ2) is 3.06. The molecule has 0 bridgehead atoms. The Balaban J connectivity index is 2.22. The summed E-state index contributed by atoms with van der Waals surface area (Å²) in [5.41, 5.74) is 3.27. The van der Waals surface area contributed by atoms with Crippen LogP contribution in [0.3, 0.4) is 0 Å². The third-order valence-electron chi connectivity index (χ3n) is 2.16. The molecule has 3 aromatic rings. The van der Waals surface area contributed by atoms with E-state index in [0.717, 1.165) is 33.7 Å². The largest absolute Gasteiger partial charge is 0.443 e. The minimum Gasteiger partial charge on any atom is -0.443 e. The molecule has 0 amide bonds. The van der Waals surface area contributed by atoms with Gasteiger partial charge in [-0.15, -0.1) is 0 Å². The SMILES string of the molecule is O=c1[nH]c(-c2ccc3ncoc3c2)cs1. The van der Waals surface area contributed by atoms with E-state index in [-0.39, 0.29) is 4.87 Å². The summed E-state index contributed by atoms with van der Waals surface area (Å²) < 4.78 is 5.19. The fourth-order valence-electron chi connectivity index (χ4n) is 1.44. The summed E-state index contributed by atoms with van der Waals surface area (Å²) in [6.07, 6.45) is 1.41. The first-order valence-corrected chi connectivity index (χ1v) is 5.22. The molecule has 0 aliphatic rings. The van der Waals surface area contributed by atoms with Gasteiger partial charge in [0, 0.05) is 10.9 Å². The summed E-state index contributed by atoms with van der Waals surface area (Å²) >= 11 is 1.15. The van der Waals surface area contributed by atoms with E-state index >= 15 is 0 Å². The van der Waals surface area contributed by atoms with Gasteiger partial charge in [-0.3, -0.25) is 4.79 Å². The van der Waals surface area contributed by atoms with Crippen LogP contribution in [0.25, 0.3) is 22.4 Å². The third-order valence-corrected chi connectivity index (χ3v) is 2.83. The zero-order chi connectivity index (χ0) is 10.3. The predicted molar refractivity (Wildman–Crippen MR) is 57.9 cm³/mol. The van der Waals surface area contributed by atoms with Crippen LogP contribution in [-0.4, -0.2) is 9.97 Å². The molecule has 0 spiro atoms.